The summed E-state index contributed by atoms with van der Waals surface area (Å²) in [7, 11) is 0. The molecule has 0 unspecified atom stereocenters. The summed E-state index contributed by atoms with van der Waals surface area (Å²) in [5, 5.41) is 16.3. The van der Waals surface area contributed by atoms with Gasteiger partial charge in [-0.1, -0.05) is 12.1 Å². The van der Waals surface area contributed by atoms with Crippen molar-refractivity contribution in [2.24, 2.45) is 0 Å². The van der Waals surface area contributed by atoms with E-state index in [0.29, 0.717) is 10.7 Å². The van der Waals surface area contributed by atoms with Gasteiger partial charge in [-0.2, -0.15) is 18.4 Å². The van der Waals surface area contributed by atoms with Crippen LogP contribution in [-0.4, -0.2) is 30.0 Å². The lowest BCUT2D eigenvalue weighted by atomic mass is 10.1. The highest BCUT2D eigenvalue weighted by Crippen LogP contribution is 2.31. The van der Waals surface area contributed by atoms with Gasteiger partial charge in [-0.05, 0) is 48.9 Å². The number of rotatable bonds is 9. The monoisotopic (exact) mass is 516 g/mol. The molecule has 2 aromatic carbocycles. The van der Waals surface area contributed by atoms with Crippen LogP contribution in [-0.2, 0) is 15.8 Å². The van der Waals surface area contributed by atoms with Crippen molar-refractivity contribution >= 4 is 40.0 Å². The molecule has 0 bridgehead atoms. The first-order chi connectivity index (χ1) is 17.2. The maximum absolute atomic E-state index is 12.9. The molecule has 0 saturated heterocycles. The number of carbonyl (C=O) groups excluding carboxylic acids is 2. The van der Waals surface area contributed by atoms with Gasteiger partial charge in [-0.25, -0.2) is 4.98 Å². The molecule has 0 atom stereocenters. The van der Waals surface area contributed by atoms with Crippen molar-refractivity contribution in [2.75, 3.05) is 23.8 Å². The van der Waals surface area contributed by atoms with Crippen molar-refractivity contribution in [3.8, 4) is 17.6 Å². The topological polar surface area (TPSA) is 113 Å². The number of thiazole rings is 1. The number of hydrogen-bond acceptors (Lipinski definition) is 7. The quantitative estimate of drug-likeness (QED) is 0.301. The Labute approximate surface area is 208 Å². The number of hydrogen-bond donors (Lipinski definition) is 2. The van der Waals surface area contributed by atoms with Gasteiger partial charge >= 0.3 is 6.18 Å². The average molecular weight is 517 g/mol. The maximum atomic E-state index is 12.9. The van der Waals surface area contributed by atoms with E-state index in [1.54, 1.807) is 18.4 Å². The van der Waals surface area contributed by atoms with E-state index in [-0.39, 0.29) is 29.4 Å². The molecule has 0 aliphatic rings. The third-order valence-electron chi connectivity index (χ3n) is 4.43. The summed E-state index contributed by atoms with van der Waals surface area (Å²) in [6.07, 6.45) is -1.66. The van der Waals surface area contributed by atoms with Gasteiger partial charge in [0, 0.05) is 17.3 Å². The minimum Gasteiger partial charge on any atom is -0.490 e. The van der Waals surface area contributed by atoms with E-state index in [4.69, 9.17) is 9.47 Å². The van der Waals surface area contributed by atoms with Crippen LogP contribution in [0, 0.1) is 11.3 Å². The molecule has 36 heavy (non-hydrogen) atoms. The average Bonchev–Trinajstić information content (AvgIpc) is 3.34. The first-order valence-corrected chi connectivity index (χ1v) is 11.3. The molecule has 2 N–H and O–H groups in total. The highest BCUT2D eigenvalue weighted by Gasteiger charge is 2.30. The molecule has 0 spiro atoms. The second-order valence-corrected chi connectivity index (χ2v) is 7.91. The van der Waals surface area contributed by atoms with E-state index in [1.807, 2.05) is 6.07 Å². The first kappa shape index (κ1) is 26.2. The summed E-state index contributed by atoms with van der Waals surface area (Å²) in [5.74, 6) is -0.863. The molecule has 1 heterocycles. The van der Waals surface area contributed by atoms with Crippen molar-refractivity contribution < 1.29 is 32.2 Å². The molecular weight excluding hydrogens is 497 g/mol. The molecule has 0 radical (unpaired) electrons. The molecule has 2 amide bonds. The number of nitrogens with one attached hydrogen (secondary N) is 2. The number of nitrogens with zero attached hydrogens (tertiary/aromatic N) is 2. The Balaban J connectivity index is 1.69. The summed E-state index contributed by atoms with van der Waals surface area (Å²) in [4.78, 5) is 28.5. The fraction of sp³-hybridized carbons (Fsp3) is 0.167. The van der Waals surface area contributed by atoms with Crippen LogP contribution in [0.25, 0.3) is 6.08 Å². The van der Waals surface area contributed by atoms with E-state index < -0.39 is 30.2 Å². The number of carbonyl (C=O) groups is 2. The van der Waals surface area contributed by atoms with E-state index >= 15 is 0 Å². The van der Waals surface area contributed by atoms with Crippen LogP contribution in [0.3, 0.4) is 0 Å². The van der Waals surface area contributed by atoms with Crippen LogP contribution >= 0.6 is 11.3 Å². The highest BCUT2D eigenvalue weighted by molar-refractivity contribution is 7.13. The number of ether oxygens (including phenoxy) is 2. The van der Waals surface area contributed by atoms with Crippen LogP contribution in [0.15, 0.2) is 59.6 Å². The van der Waals surface area contributed by atoms with Gasteiger partial charge in [-0.15, -0.1) is 11.3 Å². The fourth-order valence-corrected chi connectivity index (χ4v) is 3.40. The number of aromatic nitrogens is 1. The molecule has 3 rings (SSSR count). The van der Waals surface area contributed by atoms with Crippen LogP contribution < -0.4 is 20.1 Å². The Morgan fingerprint density at radius 1 is 1.14 bits per heavy atom. The highest BCUT2D eigenvalue weighted by atomic mass is 32.1. The maximum Gasteiger partial charge on any atom is 0.416 e. The molecule has 0 fully saturated rings. The zero-order valence-corrected chi connectivity index (χ0v) is 19.6. The third kappa shape index (κ3) is 7.31. The minimum absolute atomic E-state index is 0.0241. The van der Waals surface area contributed by atoms with Crippen molar-refractivity contribution in [1.29, 1.82) is 5.26 Å². The standard InChI is InChI=1S/C24H19F3N4O4S/c1-2-34-20-11-15(10-16(13-28)22(33)31-23-29-8-9-36-23)6-7-19(20)35-14-21(32)30-18-5-3-4-17(12-18)24(25,26)27/h3-12H,2,14H2,1H3,(H,30,32)(H,29,31,33)/b16-10+. The van der Waals surface area contributed by atoms with Crippen molar-refractivity contribution in [2.45, 2.75) is 13.1 Å². The zero-order valence-electron chi connectivity index (χ0n) is 18.8. The molecule has 186 valence electrons. The van der Waals surface area contributed by atoms with Gasteiger partial charge in [0.25, 0.3) is 11.8 Å². The lowest BCUT2D eigenvalue weighted by Crippen LogP contribution is -2.20. The minimum atomic E-state index is -4.53. The fourth-order valence-electron chi connectivity index (χ4n) is 2.88. The van der Waals surface area contributed by atoms with E-state index in [9.17, 15) is 28.0 Å². The third-order valence-corrected chi connectivity index (χ3v) is 5.12. The Morgan fingerprint density at radius 2 is 1.94 bits per heavy atom. The van der Waals surface area contributed by atoms with Gasteiger partial charge in [-0.3, -0.25) is 14.9 Å². The molecule has 0 saturated carbocycles. The van der Waals surface area contributed by atoms with Crippen LogP contribution in [0.4, 0.5) is 24.0 Å². The van der Waals surface area contributed by atoms with E-state index in [1.165, 1.54) is 47.9 Å². The Morgan fingerprint density at radius 3 is 2.61 bits per heavy atom. The van der Waals surface area contributed by atoms with Crippen molar-refractivity contribution in [1.82, 2.24) is 4.98 Å². The van der Waals surface area contributed by atoms with E-state index in [2.05, 4.69) is 15.6 Å². The Hall–Kier alpha value is -4.37. The lowest BCUT2D eigenvalue weighted by Gasteiger charge is -2.13. The summed E-state index contributed by atoms with van der Waals surface area (Å²) >= 11 is 1.21. The molecule has 8 nitrogen and oxygen atoms in total. The predicted octanol–water partition coefficient (Wildman–Crippen LogP) is 5.12. The SMILES string of the molecule is CCOc1cc(/C=C(\C#N)C(=O)Nc2nccs2)ccc1OCC(=O)Nc1cccc(C(F)(F)F)c1. The smallest absolute Gasteiger partial charge is 0.416 e. The normalized spacial score (nSPS) is 11.4. The van der Waals surface area contributed by atoms with Crippen LogP contribution in [0.5, 0.6) is 11.5 Å². The second kappa shape index (κ2) is 11.9. The van der Waals surface area contributed by atoms with Crippen LogP contribution in [0.1, 0.15) is 18.1 Å². The number of nitriles is 1. The summed E-state index contributed by atoms with van der Waals surface area (Å²) < 4.78 is 49.6. The molecule has 3 aromatic rings. The largest absolute Gasteiger partial charge is 0.490 e. The number of benzene rings is 2. The number of alkyl halides is 3. The van der Waals surface area contributed by atoms with Crippen LogP contribution in [0.2, 0.25) is 0 Å². The number of halogens is 3. The van der Waals surface area contributed by atoms with E-state index in [0.717, 1.165) is 12.1 Å². The first-order valence-electron chi connectivity index (χ1n) is 10.4. The Bertz CT molecular complexity index is 1300. The van der Waals surface area contributed by atoms with Gasteiger partial charge < -0.3 is 14.8 Å². The summed E-state index contributed by atoms with van der Waals surface area (Å²) in [6.45, 7) is 1.50. The van der Waals surface area contributed by atoms with Crippen molar-refractivity contribution in [3.63, 3.8) is 0 Å². The lowest BCUT2D eigenvalue weighted by molar-refractivity contribution is -0.137. The van der Waals surface area contributed by atoms with Gasteiger partial charge in [0.05, 0.1) is 12.2 Å². The molecule has 1 aromatic heterocycles. The summed E-state index contributed by atoms with van der Waals surface area (Å²) in [5.41, 5.74) is -0.614. The molecule has 12 heteroatoms. The number of amides is 2. The summed E-state index contributed by atoms with van der Waals surface area (Å²) in [6, 6.07) is 10.6. The van der Waals surface area contributed by atoms with Crippen molar-refractivity contribution in [3.05, 3.63) is 70.7 Å². The van der Waals surface area contributed by atoms with Gasteiger partial charge in [0.2, 0.25) is 0 Å². The van der Waals surface area contributed by atoms with Gasteiger partial charge in [0.1, 0.15) is 11.6 Å². The molecule has 0 aliphatic heterocycles. The predicted molar refractivity (Wildman–Crippen MR) is 128 cm³/mol. The molecule has 0 aliphatic carbocycles. The second-order valence-electron chi connectivity index (χ2n) is 7.02. The zero-order chi connectivity index (χ0) is 26.1. The van der Waals surface area contributed by atoms with Gasteiger partial charge in [0.15, 0.2) is 23.2 Å². The number of anilines is 2. The molecular formula is C24H19F3N4O4S. The Kier molecular flexibility index (Phi) is 8.64.